The van der Waals surface area contributed by atoms with E-state index in [1.165, 1.54) is 57.5 Å². The zero-order valence-electron chi connectivity index (χ0n) is 28.0. The van der Waals surface area contributed by atoms with Gasteiger partial charge in [0.15, 0.2) is 0 Å². The van der Waals surface area contributed by atoms with E-state index in [0.29, 0.717) is 17.8 Å². The Morgan fingerprint density at radius 2 is 1.54 bits per heavy atom. The van der Waals surface area contributed by atoms with Crippen LogP contribution in [0.5, 0.6) is 0 Å². The Hall–Kier alpha value is -3.90. The lowest BCUT2D eigenvalue weighted by atomic mass is 9.69. The fourth-order valence-corrected chi connectivity index (χ4v) is 10.1. The molecule has 0 bridgehead atoms. The van der Waals surface area contributed by atoms with Crippen LogP contribution in [0.4, 0.5) is 0 Å². The summed E-state index contributed by atoms with van der Waals surface area (Å²) in [6.07, 6.45) is 34.5. The van der Waals surface area contributed by atoms with Crippen molar-refractivity contribution in [2.45, 2.75) is 83.5 Å². The summed E-state index contributed by atoms with van der Waals surface area (Å²) >= 11 is 0. The van der Waals surface area contributed by atoms with Gasteiger partial charge in [0.05, 0.1) is 0 Å². The molecule has 0 N–H and O–H groups in total. The highest BCUT2D eigenvalue weighted by Gasteiger charge is 2.48. The summed E-state index contributed by atoms with van der Waals surface area (Å²) < 4.78 is 0. The van der Waals surface area contributed by atoms with Gasteiger partial charge in [-0.05, 0) is 140 Å². The maximum absolute atomic E-state index is 2.64. The molecule has 0 heteroatoms. The molecule has 46 heavy (non-hydrogen) atoms. The lowest BCUT2D eigenvalue weighted by Gasteiger charge is -2.34. The van der Waals surface area contributed by atoms with Crippen LogP contribution >= 0.6 is 0 Å². The van der Waals surface area contributed by atoms with Crippen LogP contribution in [-0.2, 0) is 10.8 Å². The van der Waals surface area contributed by atoms with Gasteiger partial charge in [0.2, 0.25) is 0 Å². The summed E-state index contributed by atoms with van der Waals surface area (Å²) in [6.45, 7) is 9.98. The molecule has 0 aliphatic heterocycles. The number of fused-ring (bicyclic) bond motifs is 6. The number of benzene rings is 2. The highest BCUT2D eigenvalue weighted by Crippen LogP contribution is 2.58. The molecule has 0 saturated heterocycles. The quantitative estimate of drug-likeness (QED) is 0.330. The number of allylic oxidation sites excluding steroid dienone is 16. The molecule has 0 heterocycles. The molecule has 2 aromatic rings. The average Bonchev–Trinajstić information content (AvgIpc) is 3.46. The highest BCUT2D eigenvalue weighted by atomic mass is 14.5. The second kappa shape index (κ2) is 10.3. The Morgan fingerprint density at radius 3 is 2.35 bits per heavy atom. The summed E-state index contributed by atoms with van der Waals surface area (Å²) in [5, 5.41) is 2.94. The molecule has 0 amide bonds. The molecule has 0 aromatic heterocycles. The van der Waals surface area contributed by atoms with Gasteiger partial charge in [0.25, 0.3) is 0 Å². The second-order valence-corrected chi connectivity index (χ2v) is 15.8. The summed E-state index contributed by atoms with van der Waals surface area (Å²) in [4.78, 5) is 0. The highest BCUT2D eigenvalue weighted by molar-refractivity contribution is 5.89. The molecular weight excluding hydrogens is 553 g/mol. The standard InChI is InChI=1S/C46H46/c1-45(2)40-22-14-13-20-35(40)38-27-42-39(28-41(38)45)44-36-21-12-11-19-34(36)37(26-43(44)46(42,3)4)33-24-31(29-15-7-5-8-16-29)23-32(25-33)30-17-9-6-10-18-30/h5,7-9,11-12,14-15,17-19,21-24,27-29,32,43H,6,10,13,16,20,25-26H2,1-4H3. The molecule has 3 unspecified atom stereocenters. The molecule has 2 aromatic carbocycles. The van der Waals surface area contributed by atoms with E-state index in [9.17, 15) is 0 Å². The van der Waals surface area contributed by atoms with Crippen LogP contribution in [0, 0.1) is 17.8 Å². The van der Waals surface area contributed by atoms with Crippen molar-refractivity contribution in [3.63, 3.8) is 0 Å². The third-order valence-electron chi connectivity index (χ3n) is 12.6. The van der Waals surface area contributed by atoms with E-state index in [-0.39, 0.29) is 10.8 Å². The van der Waals surface area contributed by atoms with Gasteiger partial charge in [-0.3, -0.25) is 0 Å². The largest absolute Gasteiger partial charge is 0.0839 e. The first-order valence-corrected chi connectivity index (χ1v) is 17.9. The lowest BCUT2D eigenvalue weighted by molar-refractivity contribution is 0.416. The van der Waals surface area contributed by atoms with Crippen LogP contribution in [0.3, 0.4) is 0 Å². The van der Waals surface area contributed by atoms with E-state index in [1.807, 2.05) is 0 Å². The summed E-state index contributed by atoms with van der Waals surface area (Å²) in [5.41, 5.74) is 17.2. The van der Waals surface area contributed by atoms with E-state index in [4.69, 9.17) is 0 Å². The molecule has 0 nitrogen and oxygen atoms in total. The third-order valence-corrected chi connectivity index (χ3v) is 12.6. The first-order chi connectivity index (χ1) is 22.3. The van der Waals surface area contributed by atoms with Gasteiger partial charge in [0, 0.05) is 17.3 Å². The zero-order valence-corrected chi connectivity index (χ0v) is 28.0. The minimum Gasteiger partial charge on any atom is -0.0839 e. The van der Waals surface area contributed by atoms with Crippen molar-refractivity contribution in [3.05, 3.63) is 158 Å². The van der Waals surface area contributed by atoms with Gasteiger partial charge >= 0.3 is 0 Å². The number of hydrogen-bond acceptors (Lipinski definition) is 0. The molecule has 0 spiro atoms. The Morgan fingerprint density at radius 1 is 0.717 bits per heavy atom. The molecule has 3 atom stereocenters. The van der Waals surface area contributed by atoms with Crippen LogP contribution in [0.15, 0.2) is 126 Å². The normalized spacial score (nSPS) is 27.8. The van der Waals surface area contributed by atoms with Gasteiger partial charge in [-0.25, -0.2) is 0 Å². The van der Waals surface area contributed by atoms with Crippen molar-refractivity contribution in [2.24, 2.45) is 17.8 Å². The minimum absolute atomic E-state index is 0.0561. The predicted molar refractivity (Wildman–Crippen MR) is 195 cm³/mol. The summed E-state index contributed by atoms with van der Waals surface area (Å²) in [7, 11) is 0. The van der Waals surface area contributed by atoms with E-state index in [0.717, 1.165) is 25.7 Å². The SMILES string of the molecule is CC1(C)C2=C(CCC=C2)c2cc3c(cc21)C1=c2ccccc2=C(C2=CC(C4C=CC=CC4)=CC(C4=CCCC=C4)C2)CC1C3(C)C. The maximum atomic E-state index is 2.64. The van der Waals surface area contributed by atoms with Gasteiger partial charge in [-0.15, -0.1) is 0 Å². The smallest absolute Gasteiger partial charge is 0.0155 e. The number of rotatable bonds is 3. The fourth-order valence-electron chi connectivity index (χ4n) is 10.1. The Bertz CT molecular complexity index is 2070. The van der Waals surface area contributed by atoms with Gasteiger partial charge in [-0.2, -0.15) is 0 Å². The van der Waals surface area contributed by atoms with E-state index in [1.54, 1.807) is 33.4 Å². The second-order valence-electron chi connectivity index (χ2n) is 15.8. The first-order valence-electron chi connectivity index (χ1n) is 17.9. The van der Waals surface area contributed by atoms with Crippen LogP contribution in [-0.4, -0.2) is 0 Å². The van der Waals surface area contributed by atoms with Crippen molar-refractivity contribution >= 4 is 16.7 Å². The first kappa shape index (κ1) is 28.3. The molecular formula is C46H46. The van der Waals surface area contributed by atoms with Crippen molar-refractivity contribution in [1.82, 2.24) is 0 Å². The summed E-state index contributed by atoms with van der Waals surface area (Å²) in [5.74, 6) is 1.38. The molecule has 0 saturated carbocycles. The fraction of sp³-hybridized carbons (Fsp3) is 0.348. The van der Waals surface area contributed by atoms with Crippen LogP contribution in [0.1, 0.15) is 94.9 Å². The van der Waals surface area contributed by atoms with E-state index in [2.05, 4.69) is 131 Å². The molecule has 7 aliphatic rings. The molecule has 0 radical (unpaired) electrons. The lowest BCUT2D eigenvalue weighted by Crippen LogP contribution is -2.38. The van der Waals surface area contributed by atoms with Crippen LogP contribution in [0.25, 0.3) is 16.7 Å². The minimum atomic E-state index is 0.0561. The van der Waals surface area contributed by atoms with Crippen LogP contribution in [0.2, 0.25) is 0 Å². The maximum Gasteiger partial charge on any atom is 0.0155 e. The Labute approximate surface area is 275 Å². The summed E-state index contributed by atoms with van der Waals surface area (Å²) in [6, 6.07) is 14.7. The number of hydrogen-bond donors (Lipinski definition) is 0. The van der Waals surface area contributed by atoms with Gasteiger partial charge in [0.1, 0.15) is 0 Å². The topological polar surface area (TPSA) is 0 Å². The monoisotopic (exact) mass is 598 g/mol. The van der Waals surface area contributed by atoms with Gasteiger partial charge < -0.3 is 0 Å². The Kier molecular flexibility index (Phi) is 6.34. The molecule has 230 valence electrons. The molecule has 7 aliphatic carbocycles. The zero-order chi connectivity index (χ0) is 31.2. The molecule has 9 rings (SSSR count). The third kappa shape index (κ3) is 4.11. The Balaban J connectivity index is 1.24. The predicted octanol–water partition coefficient (Wildman–Crippen LogP) is 10.0. The van der Waals surface area contributed by atoms with Crippen molar-refractivity contribution in [1.29, 1.82) is 0 Å². The average molecular weight is 599 g/mol. The van der Waals surface area contributed by atoms with Crippen LogP contribution < -0.4 is 10.4 Å². The van der Waals surface area contributed by atoms with Gasteiger partial charge in [-0.1, -0.05) is 119 Å². The van der Waals surface area contributed by atoms with Crippen molar-refractivity contribution in [3.8, 4) is 0 Å². The molecule has 0 fully saturated rings. The van der Waals surface area contributed by atoms with Crippen molar-refractivity contribution < 1.29 is 0 Å². The van der Waals surface area contributed by atoms with Crippen molar-refractivity contribution in [2.75, 3.05) is 0 Å². The van der Waals surface area contributed by atoms with E-state index >= 15 is 0 Å². The van der Waals surface area contributed by atoms with E-state index < -0.39 is 0 Å².